The molecule has 0 spiro atoms. The molecule has 0 bridgehead atoms. The fourth-order valence-electron chi connectivity index (χ4n) is 5.13. The van der Waals surface area contributed by atoms with E-state index in [1.165, 1.54) is 11.1 Å². The van der Waals surface area contributed by atoms with Crippen molar-refractivity contribution in [1.82, 2.24) is 24.9 Å². The normalized spacial score (nSPS) is 20.8. The Kier molecular flexibility index (Phi) is 6.85. The van der Waals surface area contributed by atoms with Crippen LogP contribution in [0.3, 0.4) is 0 Å². The zero-order valence-electron chi connectivity index (χ0n) is 19.1. The molecule has 2 fully saturated rings. The number of aromatic nitrogens is 2. The van der Waals surface area contributed by atoms with Crippen LogP contribution in [-0.2, 0) is 24.2 Å². The third kappa shape index (κ3) is 5.34. The number of rotatable bonds is 7. The number of benzene rings is 1. The van der Waals surface area contributed by atoms with Gasteiger partial charge < -0.3 is 19.6 Å². The van der Waals surface area contributed by atoms with E-state index >= 15 is 0 Å². The number of fused-ring (bicyclic) bond motifs is 1. The Morgan fingerprint density at radius 2 is 1.76 bits per heavy atom. The van der Waals surface area contributed by atoms with Gasteiger partial charge in [-0.1, -0.05) is 24.3 Å². The maximum absolute atomic E-state index is 12.9. The van der Waals surface area contributed by atoms with Gasteiger partial charge in [0.15, 0.2) is 0 Å². The van der Waals surface area contributed by atoms with Crippen LogP contribution in [0, 0.1) is 0 Å². The first-order valence-electron chi connectivity index (χ1n) is 12.1. The van der Waals surface area contributed by atoms with Crippen molar-refractivity contribution in [3.8, 4) is 0 Å². The predicted octanol–water partition coefficient (Wildman–Crippen LogP) is 2.03. The lowest BCUT2D eigenvalue weighted by atomic mass is 9.96. The molecule has 8 heteroatoms. The third-order valence-electron chi connectivity index (χ3n) is 7.02. The summed E-state index contributed by atoms with van der Waals surface area (Å²) in [5, 5.41) is 19.5. The van der Waals surface area contributed by atoms with Crippen LogP contribution in [0.15, 0.2) is 36.4 Å². The van der Waals surface area contributed by atoms with Crippen LogP contribution in [0.1, 0.15) is 41.3 Å². The van der Waals surface area contributed by atoms with Crippen LogP contribution in [0.2, 0.25) is 0 Å². The second-order valence-electron chi connectivity index (χ2n) is 9.39. The minimum Gasteiger partial charge on any atom is -0.390 e. The summed E-state index contributed by atoms with van der Waals surface area (Å²) in [4.78, 5) is 18.7. The highest BCUT2D eigenvalue weighted by Gasteiger charge is 2.31. The molecule has 0 saturated carbocycles. The first-order chi connectivity index (χ1) is 16.2. The Balaban J connectivity index is 1.10. The number of amides is 2. The van der Waals surface area contributed by atoms with Gasteiger partial charge in [0.25, 0.3) is 0 Å². The number of hydrogen-bond donors (Lipinski definition) is 1. The molecular weight excluding hydrogens is 418 g/mol. The van der Waals surface area contributed by atoms with Crippen molar-refractivity contribution in [2.75, 3.05) is 45.9 Å². The highest BCUT2D eigenvalue weighted by atomic mass is 16.5. The smallest absolute Gasteiger partial charge is 0.320 e. The number of hydrogen-bond acceptors (Lipinski definition) is 6. The van der Waals surface area contributed by atoms with Gasteiger partial charge in [-0.2, -0.15) is 10.2 Å². The average molecular weight is 452 g/mol. The number of ether oxygens (including phenoxy) is 1. The Bertz CT molecular complexity index is 947. The number of urea groups is 1. The molecule has 1 unspecified atom stereocenters. The van der Waals surface area contributed by atoms with Crippen LogP contribution < -0.4 is 0 Å². The number of nitrogens with zero attached hydrogens (tertiary/aromatic N) is 5. The minimum absolute atomic E-state index is 0.0339. The van der Waals surface area contributed by atoms with Gasteiger partial charge in [-0.15, -0.1) is 0 Å². The van der Waals surface area contributed by atoms with Crippen molar-refractivity contribution in [2.45, 2.75) is 44.4 Å². The first kappa shape index (κ1) is 22.3. The van der Waals surface area contributed by atoms with E-state index < -0.39 is 6.10 Å². The summed E-state index contributed by atoms with van der Waals surface area (Å²) in [6, 6.07) is 12.5. The van der Waals surface area contributed by atoms with Crippen LogP contribution >= 0.6 is 0 Å². The van der Waals surface area contributed by atoms with Crippen molar-refractivity contribution < 1.29 is 14.6 Å². The Morgan fingerprint density at radius 1 is 0.970 bits per heavy atom. The Hall–Kier alpha value is -2.55. The molecule has 0 aliphatic carbocycles. The number of carbonyl (C=O) groups is 1. The molecule has 2 saturated heterocycles. The van der Waals surface area contributed by atoms with Gasteiger partial charge >= 0.3 is 6.03 Å². The number of aliphatic hydroxyl groups excluding tert-OH is 1. The standard InChI is InChI=1S/C25H33N5O3/c31-23(17-28-10-7-19-3-1-2-4-21(19)15-28)18-30-12-11-29(25(30)32)16-22-5-6-24(27-26-22)20-8-13-33-14-9-20/h1-6,20,23,31H,7-18H2. The summed E-state index contributed by atoms with van der Waals surface area (Å²) in [7, 11) is 0. The zero-order valence-corrected chi connectivity index (χ0v) is 19.1. The van der Waals surface area contributed by atoms with Crippen LogP contribution in [-0.4, -0.2) is 88.1 Å². The van der Waals surface area contributed by atoms with E-state index in [1.54, 1.807) is 9.80 Å². The molecule has 3 aliphatic heterocycles. The number of aliphatic hydroxyl groups is 1. The molecule has 3 aliphatic rings. The Morgan fingerprint density at radius 3 is 2.55 bits per heavy atom. The van der Waals surface area contributed by atoms with Gasteiger partial charge in [-0.3, -0.25) is 4.90 Å². The summed E-state index contributed by atoms with van der Waals surface area (Å²) in [6.07, 6.45) is 2.42. The van der Waals surface area contributed by atoms with Gasteiger partial charge in [0.05, 0.1) is 24.0 Å². The average Bonchev–Trinajstić information content (AvgIpc) is 3.18. The SMILES string of the molecule is O=C1N(Cc2ccc(C3CCOCC3)nn2)CCN1CC(O)CN1CCc2ccccc2C1. The lowest BCUT2D eigenvalue weighted by molar-refractivity contribution is 0.0811. The van der Waals surface area contributed by atoms with E-state index in [9.17, 15) is 9.90 Å². The topological polar surface area (TPSA) is 82.0 Å². The molecular formula is C25H33N5O3. The second kappa shape index (κ2) is 10.2. The zero-order chi connectivity index (χ0) is 22.6. The molecule has 0 radical (unpaired) electrons. The fourth-order valence-corrected chi connectivity index (χ4v) is 5.13. The second-order valence-corrected chi connectivity index (χ2v) is 9.39. The minimum atomic E-state index is -0.558. The molecule has 1 aromatic carbocycles. The Labute approximate surface area is 195 Å². The monoisotopic (exact) mass is 451 g/mol. The summed E-state index contributed by atoms with van der Waals surface area (Å²) in [5.74, 6) is 0.416. The van der Waals surface area contributed by atoms with E-state index in [0.29, 0.717) is 38.6 Å². The van der Waals surface area contributed by atoms with Crippen molar-refractivity contribution >= 4 is 6.03 Å². The van der Waals surface area contributed by atoms with E-state index in [1.807, 2.05) is 12.1 Å². The largest absolute Gasteiger partial charge is 0.390 e. The quantitative estimate of drug-likeness (QED) is 0.694. The molecule has 5 rings (SSSR count). The van der Waals surface area contributed by atoms with Crippen molar-refractivity contribution in [3.63, 3.8) is 0 Å². The van der Waals surface area contributed by atoms with Gasteiger partial charge in [0.1, 0.15) is 0 Å². The lowest BCUT2D eigenvalue weighted by Crippen LogP contribution is -2.43. The molecule has 4 heterocycles. The molecule has 176 valence electrons. The van der Waals surface area contributed by atoms with Gasteiger partial charge in [0, 0.05) is 58.4 Å². The molecule has 1 aromatic heterocycles. The predicted molar refractivity (Wildman–Crippen MR) is 124 cm³/mol. The maximum atomic E-state index is 12.9. The molecule has 8 nitrogen and oxygen atoms in total. The molecule has 2 amide bonds. The fraction of sp³-hybridized carbons (Fsp3) is 0.560. The number of β-amino-alcohol motifs (C(OH)–C–C–N with tert-alkyl or cyclic N) is 1. The van der Waals surface area contributed by atoms with Crippen molar-refractivity contribution in [3.05, 3.63) is 58.9 Å². The van der Waals surface area contributed by atoms with Crippen LogP contribution in [0.4, 0.5) is 4.79 Å². The molecule has 2 aromatic rings. The molecule has 33 heavy (non-hydrogen) atoms. The molecule has 1 atom stereocenters. The van der Waals surface area contributed by atoms with Crippen LogP contribution in [0.5, 0.6) is 0 Å². The highest BCUT2D eigenvalue weighted by molar-refractivity contribution is 5.76. The van der Waals surface area contributed by atoms with E-state index in [-0.39, 0.29) is 6.03 Å². The van der Waals surface area contributed by atoms with E-state index in [2.05, 4.69) is 39.4 Å². The third-order valence-corrected chi connectivity index (χ3v) is 7.02. The highest BCUT2D eigenvalue weighted by Crippen LogP contribution is 2.25. The van der Waals surface area contributed by atoms with Gasteiger partial charge in [-0.25, -0.2) is 4.79 Å². The summed E-state index contributed by atoms with van der Waals surface area (Å²) >= 11 is 0. The first-order valence-corrected chi connectivity index (χ1v) is 12.1. The van der Waals surface area contributed by atoms with Crippen molar-refractivity contribution in [2.24, 2.45) is 0 Å². The van der Waals surface area contributed by atoms with E-state index in [0.717, 1.165) is 57.0 Å². The summed E-state index contributed by atoms with van der Waals surface area (Å²) < 4.78 is 5.42. The maximum Gasteiger partial charge on any atom is 0.320 e. The van der Waals surface area contributed by atoms with Gasteiger partial charge in [-0.05, 0) is 42.5 Å². The molecule has 1 N–H and O–H groups in total. The van der Waals surface area contributed by atoms with Gasteiger partial charge in [0.2, 0.25) is 0 Å². The summed E-state index contributed by atoms with van der Waals surface area (Å²) in [6.45, 7) is 6.03. The van der Waals surface area contributed by atoms with E-state index in [4.69, 9.17) is 4.74 Å². The lowest BCUT2D eigenvalue weighted by Gasteiger charge is -2.31. The van der Waals surface area contributed by atoms with Crippen LogP contribution in [0.25, 0.3) is 0 Å². The van der Waals surface area contributed by atoms with Crippen molar-refractivity contribution in [1.29, 1.82) is 0 Å². The summed E-state index contributed by atoms with van der Waals surface area (Å²) in [5.41, 5.74) is 4.55. The number of carbonyl (C=O) groups excluding carboxylic acids is 1.